The minimum Gasteiger partial charge on any atom is -0.375 e. The third-order valence-electron chi connectivity index (χ3n) is 6.13. The van der Waals surface area contributed by atoms with E-state index in [4.69, 9.17) is 0 Å². The van der Waals surface area contributed by atoms with Gasteiger partial charge in [0.25, 0.3) is 5.91 Å². The van der Waals surface area contributed by atoms with Crippen molar-refractivity contribution in [3.63, 3.8) is 0 Å². The van der Waals surface area contributed by atoms with Gasteiger partial charge in [-0.25, -0.2) is 0 Å². The maximum atomic E-state index is 13.3. The van der Waals surface area contributed by atoms with Crippen molar-refractivity contribution in [2.24, 2.45) is 0 Å². The van der Waals surface area contributed by atoms with Gasteiger partial charge in [-0.05, 0) is 44.0 Å². The van der Waals surface area contributed by atoms with E-state index in [0.717, 1.165) is 37.9 Å². The molecule has 152 valence electrons. The number of ketones is 1. The number of nitrogens with zero attached hydrogens (tertiary/aromatic N) is 2. The summed E-state index contributed by atoms with van der Waals surface area (Å²) >= 11 is 0. The zero-order valence-corrected chi connectivity index (χ0v) is 16.9. The molecule has 2 aliphatic heterocycles. The van der Waals surface area contributed by atoms with Crippen LogP contribution in [0, 0.1) is 0 Å². The third-order valence-corrected chi connectivity index (χ3v) is 6.13. The Morgan fingerprint density at radius 2 is 1.72 bits per heavy atom. The van der Waals surface area contributed by atoms with Crippen LogP contribution in [-0.4, -0.2) is 41.5 Å². The summed E-state index contributed by atoms with van der Waals surface area (Å²) in [5.74, 6) is -0.624. The number of amides is 1. The number of benzene rings is 2. The molecule has 0 aromatic heterocycles. The van der Waals surface area contributed by atoms with Crippen molar-refractivity contribution in [2.45, 2.75) is 44.6 Å². The molecule has 0 unspecified atom stereocenters. The molecule has 1 atom stereocenters. The Bertz CT molecular complexity index is 903. The molecule has 0 aliphatic carbocycles. The van der Waals surface area contributed by atoms with Crippen LogP contribution in [0.5, 0.6) is 0 Å². The monoisotopic (exact) mass is 392 g/mol. The molecule has 2 aliphatic rings. The van der Waals surface area contributed by atoms with Gasteiger partial charge in [-0.15, -0.1) is 0 Å². The number of hydrogen-bond acceptors (Lipinski definition) is 4. The van der Waals surface area contributed by atoms with E-state index in [1.807, 2.05) is 30.3 Å². The highest BCUT2D eigenvalue weighted by Gasteiger charge is 2.51. The molecular formula is C24H28N2O3. The highest BCUT2D eigenvalue weighted by molar-refractivity contribution is 6.10. The molecule has 5 heteroatoms. The van der Waals surface area contributed by atoms with Gasteiger partial charge in [0.1, 0.15) is 0 Å². The molecule has 1 amide bonds. The second-order valence-electron chi connectivity index (χ2n) is 8.08. The van der Waals surface area contributed by atoms with E-state index in [1.165, 1.54) is 6.42 Å². The fourth-order valence-electron chi connectivity index (χ4n) is 4.38. The SMILES string of the molecule is CCc1ccc(C(=O)C[C@@]2(O)C(=O)N(CN3CCCCC3)c3ccccc32)cc1. The Morgan fingerprint density at radius 3 is 2.41 bits per heavy atom. The predicted octanol–water partition coefficient (Wildman–Crippen LogP) is 3.50. The molecule has 1 fully saturated rings. The number of Topliss-reactive ketones (excluding diaryl/α,β-unsaturated/α-hetero) is 1. The number of fused-ring (bicyclic) bond motifs is 1. The predicted molar refractivity (Wildman–Crippen MR) is 113 cm³/mol. The maximum Gasteiger partial charge on any atom is 0.265 e. The average molecular weight is 392 g/mol. The molecule has 1 saturated heterocycles. The summed E-state index contributed by atoms with van der Waals surface area (Å²) in [4.78, 5) is 30.1. The minimum absolute atomic E-state index is 0.224. The number of carbonyl (C=O) groups is 2. The van der Waals surface area contributed by atoms with Gasteiger partial charge in [0.05, 0.1) is 18.8 Å². The number of aryl methyl sites for hydroxylation is 1. The van der Waals surface area contributed by atoms with Crippen LogP contribution in [0.15, 0.2) is 48.5 Å². The molecular weight excluding hydrogens is 364 g/mol. The van der Waals surface area contributed by atoms with Crippen molar-refractivity contribution >= 4 is 17.4 Å². The lowest BCUT2D eigenvalue weighted by Crippen LogP contribution is -2.47. The first-order valence-corrected chi connectivity index (χ1v) is 10.5. The van der Waals surface area contributed by atoms with Crippen molar-refractivity contribution in [1.82, 2.24) is 4.90 Å². The minimum atomic E-state index is -1.81. The largest absolute Gasteiger partial charge is 0.375 e. The summed E-state index contributed by atoms with van der Waals surface area (Å²) in [6.45, 7) is 4.42. The summed E-state index contributed by atoms with van der Waals surface area (Å²) in [5, 5.41) is 11.4. The molecule has 2 aromatic carbocycles. The second kappa shape index (κ2) is 8.09. The van der Waals surface area contributed by atoms with Gasteiger partial charge in [0, 0.05) is 11.1 Å². The lowest BCUT2D eigenvalue weighted by atomic mass is 9.88. The van der Waals surface area contributed by atoms with Crippen LogP contribution in [-0.2, 0) is 16.8 Å². The fourth-order valence-corrected chi connectivity index (χ4v) is 4.38. The number of likely N-dealkylation sites (tertiary alicyclic amines) is 1. The maximum absolute atomic E-state index is 13.3. The average Bonchev–Trinajstić information content (AvgIpc) is 2.96. The van der Waals surface area contributed by atoms with E-state index in [-0.39, 0.29) is 12.2 Å². The molecule has 0 bridgehead atoms. The number of piperidine rings is 1. The first-order chi connectivity index (χ1) is 14.0. The van der Waals surface area contributed by atoms with E-state index >= 15 is 0 Å². The molecule has 0 spiro atoms. The molecule has 29 heavy (non-hydrogen) atoms. The first-order valence-electron chi connectivity index (χ1n) is 10.5. The highest BCUT2D eigenvalue weighted by Crippen LogP contribution is 2.43. The topological polar surface area (TPSA) is 60.9 Å². The number of aliphatic hydroxyl groups is 1. The molecule has 1 N–H and O–H groups in total. The van der Waals surface area contributed by atoms with Gasteiger partial charge in [-0.1, -0.05) is 55.8 Å². The Balaban J connectivity index is 1.59. The quantitative estimate of drug-likeness (QED) is 0.765. The zero-order valence-electron chi connectivity index (χ0n) is 16.9. The van der Waals surface area contributed by atoms with Gasteiger partial charge >= 0.3 is 0 Å². The Hall–Kier alpha value is -2.50. The molecule has 2 aromatic rings. The van der Waals surface area contributed by atoms with Gasteiger partial charge < -0.3 is 5.11 Å². The van der Waals surface area contributed by atoms with E-state index < -0.39 is 11.5 Å². The fraction of sp³-hybridized carbons (Fsp3) is 0.417. The summed E-state index contributed by atoms with van der Waals surface area (Å²) in [6, 6.07) is 14.7. The summed E-state index contributed by atoms with van der Waals surface area (Å²) in [6.07, 6.45) is 4.12. The van der Waals surface area contributed by atoms with Crippen LogP contribution >= 0.6 is 0 Å². The smallest absolute Gasteiger partial charge is 0.265 e. The van der Waals surface area contributed by atoms with Crippen molar-refractivity contribution in [1.29, 1.82) is 0 Å². The number of anilines is 1. The van der Waals surface area contributed by atoms with E-state index in [2.05, 4.69) is 11.8 Å². The van der Waals surface area contributed by atoms with Crippen LogP contribution in [0.4, 0.5) is 5.69 Å². The molecule has 0 saturated carbocycles. The Labute approximate surface area is 171 Å². The summed E-state index contributed by atoms with van der Waals surface area (Å²) < 4.78 is 0. The van der Waals surface area contributed by atoms with Crippen LogP contribution < -0.4 is 4.90 Å². The van der Waals surface area contributed by atoms with Crippen LogP contribution in [0.2, 0.25) is 0 Å². The Morgan fingerprint density at radius 1 is 1.03 bits per heavy atom. The lowest BCUT2D eigenvalue weighted by Gasteiger charge is -2.31. The molecule has 2 heterocycles. The Kier molecular flexibility index (Phi) is 5.52. The summed E-state index contributed by atoms with van der Waals surface area (Å²) in [5.41, 5.74) is 1.10. The first kappa shape index (κ1) is 19.8. The lowest BCUT2D eigenvalue weighted by molar-refractivity contribution is -0.136. The van der Waals surface area contributed by atoms with Crippen molar-refractivity contribution in [3.05, 3.63) is 65.2 Å². The van der Waals surface area contributed by atoms with Gasteiger partial charge in [0.15, 0.2) is 11.4 Å². The van der Waals surface area contributed by atoms with E-state index in [0.29, 0.717) is 23.5 Å². The number of carbonyl (C=O) groups excluding carboxylic acids is 2. The molecule has 4 rings (SSSR count). The van der Waals surface area contributed by atoms with Crippen molar-refractivity contribution < 1.29 is 14.7 Å². The molecule has 0 radical (unpaired) electrons. The number of rotatable bonds is 6. The van der Waals surface area contributed by atoms with Crippen molar-refractivity contribution in [3.8, 4) is 0 Å². The zero-order chi connectivity index (χ0) is 20.4. The normalized spacial score (nSPS) is 22.0. The standard InChI is InChI=1S/C24H28N2O3/c1-2-18-10-12-19(13-11-18)22(27)16-24(29)20-8-4-5-9-21(20)26(23(24)28)17-25-14-6-3-7-15-25/h4-5,8-13,29H,2-3,6-7,14-17H2,1H3/t24-/m0/s1. The van der Waals surface area contributed by atoms with E-state index in [1.54, 1.807) is 23.1 Å². The van der Waals surface area contributed by atoms with Crippen molar-refractivity contribution in [2.75, 3.05) is 24.7 Å². The number of hydrogen-bond donors (Lipinski definition) is 1. The van der Waals surface area contributed by atoms with Crippen LogP contribution in [0.3, 0.4) is 0 Å². The highest BCUT2D eigenvalue weighted by atomic mass is 16.3. The van der Waals surface area contributed by atoms with E-state index in [9.17, 15) is 14.7 Å². The second-order valence-corrected chi connectivity index (χ2v) is 8.08. The van der Waals surface area contributed by atoms with Crippen LogP contribution in [0.25, 0.3) is 0 Å². The third kappa shape index (κ3) is 3.72. The van der Waals surface area contributed by atoms with Gasteiger partial charge in [-0.3, -0.25) is 19.4 Å². The number of para-hydroxylation sites is 1. The van der Waals surface area contributed by atoms with Gasteiger partial charge in [-0.2, -0.15) is 0 Å². The van der Waals surface area contributed by atoms with Crippen LogP contribution in [0.1, 0.15) is 54.1 Å². The van der Waals surface area contributed by atoms with Gasteiger partial charge in [0.2, 0.25) is 0 Å². The summed E-state index contributed by atoms with van der Waals surface area (Å²) in [7, 11) is 0. The molecule has 5 nitrogen and oxygen atoms in total.